The molecule has 0 spiro atoms. The van der Waals surface area contributed by atoms with Gasteiger partial charge in [0, 0.05) is 7.11 Å². The second-order valence-corrected chi connectivity index (χ2v) is 4.53. The molecule has 0 rings (SSSR count). The molecule has 0 saturated carbocycles. The molecule has 0 amide bonds. The fourth-order valence-electron chi connectivity index (χ4n) is 1.12. The molecular weight excluding hydrogens is 215 g/mol. The first kappa shape index (κ1) is 17.3. The summed E-state index contributed by atoms with van der Waals surface area (Å²) in [6.07, 6.45) is 3.23. The molecule has 80 valence electrons. The molecular formula is C8H17NaO4S. The van der Waals surface area contributed by atoms with E-state index in [-0.39, 0.29) is 29.6 Å². The van der Waals surface area contributed by atoms with Crippen molar-refractivity contribution in [3.63, 3.8) is 0 Å². The van der Waals surface area contributed by atoms with Crippen LogP contribution in [0, 0.1) is 0 Å². The minimum Gasteiger partial charge on any atom is -0.748 e. The number of methoxy groups -OCH3 is 1. The van der Waals surface area contributed by atoms with Crippen LogP contribution >= 0.6 is 0 Å². The maximum atomic E-state index is 10.4. The summed E-state index contributed by atoms with van der Waals surface area (Å²) in [7, 11) is -2.72. The van der Waals surface area contributed by atoms with Gasteiger partial charge in [-0.1, -0.05) is 26.2 Å². The Hall–Kier alpha value is 0.870. The molecule has 0 saturated heterocycles. The van der Waals surface area contributed by atoms with Crippen LogP contribution in [0.2, 0.25) is 0 Å². The molecule has 0 aliphatic heterocycles. The van der Waals surface area contributed by atoms with Gasteiger partial charge in [0.15, 0.2) is 0 Å². The van der Waals surface area contributed by atoms with Crippen molar-refractivity contribution in [1.29, 1.82) is 0 Å². The molecule has 6 heteroatoms. The summed E-state index contributed by atoms with van der Waals surface area (Å²) in [6.45, 7) is 2.06. The summed E-state index contributed by atoms with van der Waals surface area (Å²) in [4.78, 5) is 0. The smallest absolute Gasteiger partial charge is 0.748 e. The Bertz CT molecular complexity index is 215. The van der Waals surface area contributed by atoms with Crippen LogP contribution < -0.4 is 29.6 Å². The van der Waals surface area contributed by atoms with Crippen LogP contribution in [0.4, 0.5) is 0 Å². The van der Waals surface area contributed by atoms with Crippen LogP contribution in [0.3, 0.4) is 0 Å². The van der Waals surface area contributed by atoms with E-state index in [4.69, 9.17) is 4.74 Å². The van der Waals surface area contributed by atoms with Gasteiger partial charge in [-0.05, 0) is 6.42 Å². The Morgan fingerprint density at radius 2 is 1.93 bits per heavy atom. The third-order valence-corrected chi connectivity index (χ3v) is 2.63. The zero-order valence-electron chi connectivity index (χ0n) is 9.15. The summed E-state index contributed by atoms with van der Waals surface area (Å²) in [5, 5.41) is 0. The van der Waals surface area contributed by atoms with Gasteiger partial charge in [-0.3, -0.25) is 0 Å². The van der Waals surface area contributed by atoms with Gasteiger partial charge >= 0.3 is 29.6 Å². The van der Waals surface area contributed by atoms with E-state index in [1.165, 1.54) is 7.11 Å². The first-order valence-electron chi connectivity index (χ1n) is 4.46. The van der Waals surface area contributed by atoms with E-state index in [9.17, 15) is 13.0 Å². The maximum Gasteiger partial charge on any atom is 1.00 e. The van der Waals surface area contributed by atoms with E-state index < -0.39 is 22.0 Å². The summed E-state index contributed by atoms with van der Waals surface area (Å²) >= 11 is 0. The summed E-state index contributed by atoms with van der Waals surface area (Å²) < 4.78 is 36.1. The molecule has 0 aliphatic rings. The van der Waals surface area contributed by atoms with Gasteiger partial charge in [-0.2, -0.15) is 0 Å². The predicted octanol–water partition coefficient (Wildman–Crippen LogP) is -1.87. The van der Waals surface area contributed by atoms with E-state index in [0.29, 0.717) is 6.42 Å². The number of rotatable bonds is 7. The molecule has 4 nitrogen and oxygen atoms in total. The number of hydrogen-bond acceptors (Lipinski definition) is 4. The van der Waals surface area contributed by atoms with Crippen molar-refractivity contribution in [3.8, 4) is 0 Å². The first-order chi connectivity index (χ1) is 5.99. The van der Waals surface area contributed by atoms with E-state index in [1.807, 2.05) is 0 Å². The molecule has 0 aliphatic carbocycles. The fraction of sp³-hybridized carbons (Fsp3) is 1.00. The number of unbranched alkanes of at least 4 members (excludes halogenated alkanes) is 2. The molecule has 0 radical (unpaired) electrons. The molecule has 1 atom stereocenters. The Balaban J connectivity index is 0. The summed E-state index contributed by atoms with van der Waals surface area (Å²) in [5.74, 6) is -0.410. The Morgan fingerprint density at radius 3 is 2.29 bits per heavy atom. The van der Waals surface area contributed by atoms with E-state index in [0.717, 1.165) is 19.3 Å². The molecule has 0 aromatic rings. The third kappa shape index (κ3) is 10.9. The predicted molar refractivity (Wildman–Crippen MR) is 49.5 cm³/mol. The van der Waals surface area contributed by atoms with Gasteiger partial charge in [-0.25, -0.2) is 8.42 Å². The number of hydrogen-bond donors (Lipinski definition) is 0. The monoisotopic (exact) mass is 232 g/mol. The molecule has 0 aromatic carbocycles. The zero-order valence-corrected chi connectivity index (χ0v) is 12.0. The molecule has 0 bridgehead atoms. The summed E-state index contributed by atoms with van der Waals surface area (Å²) in [6, 6.07) is 0. The SMILES string of the molecule is CCCCCC(CS(=O)(=O)[O-])OC.[Na+]. The van der Waals surface area contributed by atoms with Crippen LogP contribution in [0.1, 0.15) is 32.6 Å². The Kier molecular flexibility index (Phi) is 11.3. The van der Waals surface area contributed by atoms with Gasteiger partial charge in [0.25, 0.3) is 0 Å². The first-order valence-corrected chi connectivity index (χ1v) is 6.03. The largest absolute Gasteiger partial charge is 1.00 e. The van der Waals surface area contributed by atoms with Crippen molar-refractivity contribution in [2.45, 2.75) is 38.7 Å². The average molecular weight is 232 g/mol. The normalized spacial score (nSPS) is 13.4. The Morgan fingerprint density at radius 1 is 1.36 bits per heavy atom. The quantitative estimate of drug-likeness (QED) is 0.293. The van der Waals surface area contributed by atoms with Crippen molar-refractivity contribution >= 4 is 10.1 Å². The van der Waals surface area contributed by atoms with Crippen LogP contribution in [0.15, 0.2) is 0 Å². The van der Waals surface area contributed by atoms with Gasteiger partial charge < -0.3 is 9.29 Å². The minimum absolute atomic E-state index is 0. The molecule has 0 fully saturated rings. The Labute approximate surface area is 108 Å². The van der Waals surface area contributed by atoms with Crippen LogP contribution in [0.5, 0.6) is 0 Å². The van der Waals surface area contributed by atoms with E-state index >= 15 is 0 Å². The van der Waals surface area contributed by atoms with Gasteiger partial charge in [0.1, 0.15) is 0 Å². The van der Waals surface area contributed by atoms with Crippen molar-refractivity contribution in [2.24, 2.45) is 0 Å². The maximum absolute atomic E-state index is 10.4. The van der Waals surface area contributed by atoms with Crippen LogP contribution in [-0.4, -0.2) is 31.9 Å². The van der Waals surface area contributed by atoms with Crippen molar-refractivity contribution in [1.82, 2.24) is 0 Å². The molecule has 0 N–H and O–H groups in total. The third-order valence-electron chi connectivity index (χ3n) is 1.85. The van der Waals surface area contributed by atoms with Gasteiger partial charge in [-0.15, -0.1) is 0 Å². The summed E-state index contributed by atoms with van der Waals surface area (Å²) in [5.41, 5.74) is 0. The topological polar surface area (TPSA) is 66.4 Å². The average Bonchev–Trinajstić information content (AvgIpc) is 2.01. The van der Waals surface area contributed by atoms with Crippen LogP contribution in [0.25, 0.3) is 0 Å². The van der Waals surface area contributed by atoms with Crippen molar-refractivity contribution < 1.29 is 47.3 Å². The molecule has 0 aromatic heterocycles. The van der Waals surface area contributed by atoms with Gasteiger partial charge in [0.2, 0.25) is 0 Å². The zero-order chi connectivity index (χ0) is 10.3. The molecule has 14 heavy (non-hydrogen) atoms. The fourth-order valence-corrected chi connectivity index (χ4v) is 1.88. The van der Waals surface area contributed by atoms with Crippen molar-refractivity contribution in [2.75, 3.05) is 12.9 Å². The molecule has 0 heterocycles. The minimum atomic E-state index is -4.15. The molecule has 1 unspecified atom stereocenters. The number of ether oxygens (including phenoxy) is 1. The van der Waals surface area contributed by atoms with Gasteiger partial charge in [0.05, 0.1) is 22.0 Å². The van der Waals surface area contributed by atoms with Crippen molar-refractivity contribution in [3.05, 3.63) is 0 Å². The van der Waals surface area contributed by atoms with E-state index in [2.05, 4.69) is 6.92 Å². The van der Waals surface area contributed by atoms with E-state index in [1.54, 1.807) is 0 Å². The second kappa shape index (κ2) is 9.12. The second-order valence-electron chi connectivity index (χ2n) is 3.08. The van der Waals surface area contributed by atoms with Crippen LogP contribution in [-0.2, 0) is 14.9 Å². The standard InChI is InChI=1S/C8H18O4S.Na/c1-3-4-5-6-8(12-2)7-13(9,10)11;/h8H,3-7H2,1-2H3,(H,9,10,11);/q;+1/p-1.